The molecular formula is C12H15N3O2S2. The highest BCUT2D eigenvalue weighted by Gasteiger charge is 2.34. The lowest BCUT2D eigenvalue weighted by Gasteiger charge is -2.31. The Morgan fingerprint density at radius 3 is 2.95 bits per heavy atom. The number of thioether (sulfide) groups is 1. The van der Waals surface area contributed by atoms with Gasteiger partial charge in [-0.3, -0.25) is 4.31 Å². The zero-order chi connectivity index (χ0) is 14.0. The third kappa shape index (κ3) is 2.51. The van der Waals surface area contributed by atoms with Crippen molar-refractivity contribution in [1.29, 1.82) is 5.26 Å². The molecule has 0 spiro atoms. The van der Waals surface area contributed by atoms with Crippen molar-refractivity contribution in [2.45, 2.75) is 23.5 Å². The second-order valence-electron chi connectivity index (χ2n) is 4.22. The van der Waals surface area contributed by atoms with E-state index in [0.717, 1.165) is 4.90 Å². The van der Waals surface area contributed by atoms with E-state index >= 15 is 0 Å². The summed E-state index contributed by atoms with van der Waals surface area (Å²) in [5.74, 6) is 0.679. The number of nitrogens with zero attached hydrogens (tertiary/aromatic N) is 2. The van der Waals surface area contributed by atoms with Crippen LogP contribution in [0.15, 0.2) is 23.1 Å². The fraction of sp³-hybridized carbons (Fsp3) is 0.417. The van der Waals surface area contributed by atoms with Crippen molar-refractivity contribution in [2.24, 2.45) is 0 Å². The molecule has 1 aromatic rings. The van der Waals surface area contributed by atoms with Crippen LogP contribution < -0.4 is 10.0 Å². The minimum Gasteiger partial charge on any atom is -0.399 e. The van der Waals surface area contributed by atoms with Crippen LogP contribution in [0.2, 0.25) is 0 Å². The van der Waals surface area contributed by atoms with E-state index in [9.17, 15) is 8.42 Å². The van der Waals surface area contributed by atoms with Crippen LogP contribution in [0.25, 0.3) is 0 Å². The van der Waals surface area contributed by atoms with E-state index < -0.39 is 15.3 Å². The van der Waals surface area contributed by atoms with Crippen LogP contribution in [-0.4, -0.2) is 26.0 Å². The first-order chi connectivity index (χ1) is 9.00. The van der Waals surface area contributed by atoms with Gasteiger partial charge in [0.25, 0.3) is 10.0 Å². The maximum atomic E-state index is 12.5. The summed E-state index contributed by atoms with van der Waals surface area (Å²) in [6.45, 7) is 2.08. The molecule has 2 N–H and O–H groups in total. The topological polar surface area (TPSA) is 87.2 Å². The Morgan fingerprint density at radius 1 is 1.58 bits per heavy atom. The van der Waals surface area contributed by atoms with Crippen molar-refractivity contribution in [3.63, 3.8) is 0 Å². The molecule has 1 aromatic carbocycles. The zero-order valence-corrected chi connectivity index (χ0v) is 12.2. The number of nitriles is 1. The van der Waals surface area contributed by atoms with Gasteiger partial charge in [0, 0.05) is 22.9 Å². The van der Waals surface area contributed by atoms with Gasteiger partial charge < -0.3 is 5.73 Å². The summed E-state index contributed by atoms with van der Waals surface area (Å²) in [4.78, 5) is 0.886. The van der Waals surface area contributed by atoms with Gasteiger partial charge in [-0.25, -0.2) is 8.42 Å². The van der Waals surface area contributed by atoms with E-state index in [1.54, 1.807) is 30.8 Å². The molecule has 1 atom stereocenters. The number of hydrogen-bond donors (Lipinski definition) is 1. The van der Waals surface area contributed by atoms with E-state index in [1.165, 1.54) is 4.31 Å². The Balaban J connectivity index is 2.50. The van der Waals surface area contributed by atoms with E-state index in [4.69, 9.17) is 11.0 Å². The van der Waals surface area contributed by atoms with E-state index in [1.807, 2.05) is 12.1 Å². The fourth-order valence-corrected chi connectivity index (χ4v) is 4.78. The van der Waals surface area contributed by atoms with Crippen molar-refractivity contribution in [1.82, 2.24) is 0 Å². The summed E-state index contributed by atoms with van der Waals surface area (Å²) in [5.41, 5.74) is 6.84. The lowest BCUT2D eigenvalue weighted by Crippen LogP contribution is -2.41. The summed E-state index contributed by atoms with van der Waals surface area (Å²) in [5, 5.41) is 8.00. The number of sulfonamides is 1. The minimum absolute atomic E-state index is 0.278. The zero-order valence-electron chi connectivity index (χ0n) is 10.5. The standard InChI is InChI=1S/C12H15N3O2S2/c1-2-10(8-13)19(16,17)15-5-6-18-12-4-3-9(14)7-11(12)15/h3-4,7,10H,2,5-6,14H2,1H3. The second kappa shape index (κ2) is 5.31. The largest absolute Gasteiger partial charge is 0.399 e. The van der Waals surface area contributed by atoms with Crippen molar-refractivity contribution < 1.29 is 8.42 Å². The molecule has 0 radical (unpaired) electrons. The first kappa shape index (κ1) is 14.0. The molecule has 1 aliphatic rings. The highest BCUT2D eigenvalue weighted by Crippen LogP contribution is 2.38. The Kier molecular flexibility index (Phi) is 3.92. The lowest BCUT2D eigenvalue weighted by molar-refractivity contribution is 0.582. The smallest absolute Gasteiger partial charge is 0.251 e. The third-order valence-electron chi connectivity index (χ3n) is 2.99. The van der Waals surface area contributed by atoms with Crippen LogP contribution in [0.5, 0.6) is 0 Å². The molecule has 0 bridgehead atoms. The summed E-state index contributed by atoms with van der Waals surface area (Å²) in [7, 11) is -3.65. The molecule has 1 heterocycles. The molecule has 7 heteroatoms. The van der Waals surface area contributed by atoms with Gasteiger partial charge in [0.05, 0.1) is 11.8 Å². The van der Waals surface area contributed by atoms with Gasteiger partial charge in [0.15, 0.2) is 5.25 Å². The quantitative estimate of drug-likeness (QED) is 0.860. The molecule has 0 aliphatic carbocycles. The monoisotopic (exact) mass is 297 g/mol. The molecule has 1 unspecified atom stereocenters. The van der Waals surface area contributed by atoms with Crippen LogP contribution in [0.3, 0.4) is 0 Å². The third-order valence-corrected chi connectivity index (χ3v) is 6.18. The molecule has 19 heavy (non-hydrogen) atoms. The Labute approximate surface area is 117 Å². The van der Waals surface area contributed by atoms with Crippen LogP contribution >= 0.6 is 11.8 Å². The number of benzene rings is 1. The highest BCUT2D eigenvalue weighted by molar-refractivity contribution is 8.00. The lowest BCUT2D eigenvalue weighted by atomic mass is 10.3. The molecule has 0 aromatic heterocycles. The molecule has 5 nitrogen and oxygen atoms in total. The van der Waals surface area contributed by atoms with Gasteiger partial charge in [-0.15, -0.1) is 11.8 Å². The van der Waals surface area contributed by atoms with Crippen LogP contribution in [0.1, 0.15) is 13.3 Å². The molecule has 0 saturated carbocycles. The number of nitrogens with two attached hydrogens (primary N) is 1. The average molecular weight is 297 g/mol. The van der Waals surface area contributed by atoms with Crippen molar-refractivity contribution in [3.05, 3.63) is 18.2 Å². The van der Waals surface area contributed by atoms with Gasteiger partial charge in [-0.05, 0) is 24.6 Å². The second-order valence-corrected chi connectivity index (χ2v) is 7.40. The molecule has 102 valence electrons. The molecule has 0 fully saturated rings. The molecule has 0 amide bonds. The van der Waals surface area contributed by atoms with Crippen LogP contribution in [0, 0.1) is 11.3 Å². The van der Waals surface area contributed by atoms with Crippen LogP contribution in [-0.2, 0) is 10.0 Å². The Bertz CT molecular complexity index is 622. The van der Waals surface area contributed by atoms with E-state index in [2.05, 4.69) is 0 Å². The van der Waals surface area contributed by atoms with Crippen molar-refractivity contribution in [3.8, 4) is 6.07 Å². The Morgan fingerprint density at radius 2 is 2.32 bits per heavy atom. The van der Waals surface area contributed by atoms with Gasteiger partial charge in [0.1, 0.15) is 0 Å². The summed E-state index contributed by atoms with van der Waals surface area (Å²) < 4.78 is 26.3. The number of anilines is 2. The number of rotatable bonds is 3. The van der Waals surface area contributed by atoms with Gasteiger partial charge in [0.2, 0.25) is 0 Å². The first-order valence-corrected chi connectivity index (χ1v) is 8.43. The molecule has 1 aliphatic heterocycles. The Hall–Kier alpha value is -1.39. The highest BCUT2D eigenvalue weighted by atomic mass is 32.2. The van der Waals surface area contributed by atoms with E-state index in [-0.39, 0.29) is 6.42 Å². The van der Waals surface area contributed by atoms with Gasteiger partial charge in [-0.1, -0.05) is 6.92 Å². The number of hydrogen-bond acceptors (Lipinski definition) is 5. The predicted molar refractivity (Wildman–Crippen MR) is 77.5 cm³/mol. The van der Waals surface area contributed by atoms with E-state index in [0.29, 0.717) is 23.7 Å². The maximum absolute atomic E-state index is 12.5. The predicted octanol–water partition coefficient (Wildman–Crippen LogP) is 1.81. The number of nitrogen functional groups attached to an aromatic ring is 1. The number of fused-ring (bicyclic) bond motifs is 1. The normalized spacial score (nSPS) is 16.5. The molecule has 0 saturated heterocycles. The SMILES string of the molecule is CCC(C#N)S(=O)(=O)N1CCSc2ccc(N)cc21. The molecular weight excluding hydrogens is 282 g/mol. The van der Waals surface area contributed by atoms with Gasteiger partial charge >= 0.3 is 0 Å². The minimum atomic E-state index is -3.65. The first-order valence-electron chi connectivity index (χ1n) is 5.94. The summed E-state index contributed by atoms with van der Waals surface area (Å²) in [6, 6.07) is 7.10. The van der Waals surface area contributed by atoms with Crippen molar-refractivity contribution >= 4 is 33.2 Å². The fourth-order valence-electron chi connectivity index (χ4n) is 2.00. The van der Waals surface area contributed by atoms with Crippen LogP contribution in [0.4, 0.5) is 11.4 Å². The summed E-state index contributed by atoms with van der Waals surface area (Å²) in [6.07, 6.45) is 0.278. The maximum Gasteiger partial charge on any atom is 0.251 e. The molecule has 2 rings (SSSR count). The van der Waals surface area contributed by atoms with Gasteiger partial charge in [-0.2, -0.15) is 5.26 Å². The summed E-state index contributed by atoms with van der Waals surface area (Å²) >= 11 is 1.60. The average Bonchev–Trinajstić information content (AvgIpc) is 2.38. The van der Waals surface area contributed by atoms with Crippen molar-refractivity contribution in [2.75, 3.05) is 22.3 Å².